The Morgan fingerprint density at radius 1 is 0.279 bits per heavy atom. The van der Waals surface area contributed by atoms with Crippen LogP contribution in [0.2, 0.25) is 0 Å². The molecule has 4 nitrogen and oxygen atoms in total. The number of rotatable bonds is 12. The van der Waals surface area contributed by atoms with Crippen molar-refractivity contribution < 1.29 is 19.8 Å². The fourth-order valence-corrected chi connectivity index (χ4v) is 18.6. The fraction of sp³-hybridized carbons (Fsp3) is 0.964. The molecule has 8 saturated carbocycles. The summed E-state index contributed by atoms with van der Waals surface area (Å²) in [6, 6.07) is 0. The van der Waals surface area contributed by atoms with E-state index in [1.54, 1.807) is 0 Å². The van der Waals surface area contributed by atoms with Crippen molar-refractivity contribution in [1.82, 2.24) is 0 Å². The molecule has 0 aliphatic heterocycles. The van der Waals surface area contributed by atoms with Gasteiger partial charge >= 0.3 is 45.5 Å². The second-order valence-electron chi connectivity index (χ2n) is 23.6. The van der Waals surface area contributed by atoms with Crippen molar-refractivity contribution in [3.05, 3.63) is 0 Å². The van der Waals surface area contributed by atoms with E-state index in [9.17, 15) is 19.8 Å². The second-order valence-corrected chi connectivity index (χ2v) is 23.6. The Hall–Kier alpha value is 0.421. The van der Waals surface area contributed by atoms with E-state index in [0.29, 0.717) is 47.3 Å². The Kier molecular flexibility index (Phi) is 19.9. The molecule has 0 unspecified atom stereocenters. The molecule has 0 heterocycles. The summed E-state index contributed by atoms with van der Waals surface area (Å²) >= 11 is 0. The van der Waals surface area contributed by atoms with Crippen LogP contribution in [0.1, 0.15) is 271 Å². The molecule has 0 aromatic heterocycles. The van der Waals surface area contributed by atoms with E-state index < -0.39 is 22.8 Å². The molecule has 8 rings (SSSR count). The topological polar surface area (TPSA) is 80.3 Å². The number of hydrogen-bond donors (Lipinski definition) is 0. The van der Waals surface area contributed by atoms with Crippen LogP contribution in [0, 0.1) is 69.0 Å². The summed E-state index contributed by atoms with van der Waals surface area (Å²) in [6.45, 7) is 5.02. The summed E-state index contributed by atoms with van der Waals surface area (Å²) in [7, 11) is 0. The number of carboxylic acid groups (broad SMARTS) is 2. The molecular formula is C56H94O4Sr. The van der Waals surface area contributed by atoms with E-state index >= 15 is 0 Å². The number of aliphatic carboxylic acids is 2. The summed E-state index contributed by atoms with van der Waals surface area (Å²) < 4.78 is 0. The van der Waals surface area contributed by atoms with E-state index in [0.717, 1.165) is 51.4 Å². The van der Waals surface area contributed by atoms with Gasteiger partial charge in [0.1, 0.15) is 0 Å². The second kappa shape index (κ2) is 23.9. The number of carbonyl (C=O) groups excluding carboxylic acids is 2. The van der Waals surface area contributed by atoms with Crippen molar-refractivity contribution in [3.8, 4) is 0 Å². The van der Waals surface area contributed by atoms with Crippen LogP contribution in [0.3, 0.4) is 0 Å². The van der Waals surface area contributed by atoms with Gasteiger partial charge in [-0.1, -0.05) is 168 Å². The van der Waals surface area contributed by atoms with Crippen LogP contribution >= 0.6 is 0 Å². The molecule has 0 amide bonds. The maximum absolute atomic E-state index is 13.6. The van der Waals surface area contributed by atoms with Gasteiger partial charge in [0.15, 0.2) is 0 Å². The van der Waals surface area contributed by atoms with Crippen molar-refractivity contribution in [2.45, 2.75) is 271 Å². The maximum atomic E-state index is 13.6. The Morgan fingerprint density at radius 3 is 0.541 bits per heavy atom. The van der Waals surface area contributed by atoms with Gasteiger partial charge in [0.05, 0.1) is 0 Å². The average Bonchev–Trinajstić information content (AvgIpc) is 3.32. The largest absolute Gasteiger partial charge is 2.00 e. The van der Waals surface area contributed by atoms with Gasteiger partial charge < -0.3 is 19.8 Å². The van der Waals surface area contributed by atoms with Crippen LogP contribution in [0.4, 0.5) is 0 Å². The third-order valence-electron chi connectivity index (χ3n) is 21.3. The Morgan fingerprint density at radius 2 is 0.410 bits per heavy atom. The van der Waals surface area contributed by atoms with Gasteiger partial charge in [0.25, 0.3) is 0 Å². The molecule has 0 radical (unpaired) electrons. The molecule has 0 aromatic rings. The predicted molar refractivity (Wildman–Crippen MR) is 249 cm³/mol. The zero-order chi connectivity index (χ0) is 42.1. The van der Waals surface area contributed by atoms with E-state index in [2.05, 4.69) is 13.8 Å². The van der Waals surface area contributed by atoms with Crippen LogP contribution in [-0.2, 0) is 9.59 Å². The van der Waals surface area contributed by atoms with Crippen molar-refractivity contribution in [3.63, 3.8) is 0 Å². The van der Waals surface area contributed by atoms with Gasteiger partial charge in [-0.15, -0.1) is 0 Å². The summed E-state index contributed by atoms with van der Waals surface area (Å²) in [5, 5.41) is 27.3. The zero-order valence-corrected chi connectivity index (χ0v) is 43.7. The summed E-state index contributed by atoms with van der Waals surface area (Å²) in [5.41, 5.74) is -1.32. The van der Waals surface area contributed by atoms with Crippen LogP contribution in [0.5, 0.6) is 0 Å². The van der Waals surface area contributed by atoms with E-state index in [1.165, 1.54) is 205 Å². The van der Waals surface area contributed by atoms with Gasteiger partial charge in [-0.05, 0) is 161 Å². The first-order valence-electron chi connectivity index (χ1n) is 27.7. The van der Waals surface area contributed by atoms with Gasteiger partial charge in [-0.2, -0.15) is 0 Å². The van der Waals surface area contributed by atoms with Crippen molar-refractivity contribution >= 4 is 57.4 Å². The van der Waals surface area contributed by atoms with Gasteiger partial charge in [-0.3, -0.25) is 0 Å². The summed E-state index contributed by atoms with van der Waals surface area (Å²) in [4.78, 5) is 27.3. The molecular weight excluding hydrogens is 824 g/mol. The molecule has 0 N–H and O–H groups in total. The van der Waals surface area contributed by atoms with E-state index in [-0.39, 0.29) is 56.3 Å². The minimum Gasteiger partial charge on any atom is -0.550 e. The van der Waals surface area contributed by atoms with Crippen molar-refractivity contribution in [2.75, 3.05) is 0 Å². The van der Waals surface area contributed by atoms with Crippen LogP contribution in [-0.4, -0.2) is 57.4 Å². The molecule has 0 saturated heterocycles. The SMILES string of the molecule is CC(C1CCCCC1)(C1CCCCC1)C(C(=O)[O-])(C1CCCCC1)C1CCCCC1.CC(C1CCCCC1)(C1CCCCC1)C(C(=O)[O-])(C1CCCCC1)C1CCCCC1.[Sr+2]. The molecule has 0 atom stereocenters. The normalized spacial score (nSPS) is 26.8. The van der Waals surface area contributed by atoms with Crippen LogP contribution in [0.25, 0.3) is 0 Å². The predicted octanol–water partition coefficient (Wildman–Crippen LogP) is 13.7. The minimum atomic E-state index is -0.625. The molecule has 8 aliphatic carbocycles. The number of carbonyl (C=O) groups is 2. The molecule has 0 spiro atoms. The van der Waals surface area contributed by atoms with Gasteiger partial charge in [0.2, 0.25) is 0 Å². The van der Waals surface area contributed by atoms with Crippen molar-refractivity contribution in [1.29, 1.82) is 0 Å². The molecule has 344 valence electrons. The number of hydrogen-bond acceptors (Lipinski definition) is 4. The van der Waals surface area contributed by atoms with Crippen molar-refractivity contribution in [2.24, 2.45) is 69.0 Å². The van der Waals surface area contributed by atoms with E-state index in [1.807, 2.05) is 0 Å². The third kappa shape index (κ3) is 10.2. The fourth-order valence-electron chi connectivity index (χ4n) is 18.6. The number of carboxylic acids is 2. The minimum absolute atomic E-state index is 0. The van der Waals surface area contributed by atoms with Gasteiger partial charge in [0, 0.05) is 22.8 Å². The summed E-state index contributed by atoms with van der Waals surface area (Å²) in [6.07, 6.45) is 50.2. The van der Waals surface area contributed by atoms with Crippen LogP contribution in [0.15, 0.2) is 0 Å². The Bertz CT molecular complexity index is 1120. The first kappa shape index (κ1) is 50.8. The maximum Gasteiger partial charge on any atom is 2.00 e. The summed E-state index contributed by atoms with van der Waals surface area (Å²) in [5.74, 6) is 2.54. The third-order valence-corrected chi connectivity index (χ3v) is 21.3. The zero-order valence-electron chi connectivity index (χ0n) is 40.2. The Labute approximate surface area is 413 Å². The quantitative estimate of drug-likeness (QED) is 0.183. The van der Waals surface area contributed by atoms with Gasteiger partial charge in [-0.25, -0.2) is 0 Å². The standard InChI is InChI=1S/2C28H48O2.Sr/c2*1-27(22-14-6-2-7-15-22,23-16-8-3-9-17-23)28(26(29)30,24-18-10-4-11-19-24)25-20-12-5-13-21-25;/h2*22-25H,2-21H2,1H3,(H,29,30);/q;;+2/p-2. The molecule has 5 heteroatoms. The molecule has 0 bridgehead atoms. The molecule has 0 aromatic carbocycles. The van der Waals surface area contributed by atoms with Crippen LogP contribution < -0.4 is 10.2 Å². The monoisotopic (exact) mass is 919 g/mol. The first-order valence-corrected chi connectivity index (χ1v) is 27.7. The first-order chi connectivity index (χ1) is 29.2. The average molecular weight is 919 g/mol. The molecule has 8 fully saturated rings. The Balaban J connectivity index is 0.000000201. The molecule has 8 aliphatic rings. The smallest absolute Gasteiger partial charge is 0.550 e. The molecule has 61 heavy (non-hydrogen) atoms. The van der Waals surface area contributed by atoms with E-state index in [4.69, 9.17) is 0 Å².